The Morgan fingerprint density at radius 1 is 1.36 bits per heavy atom. The van der Waals surface area contributed by atoms with Crippen molar-refractivity contribution in [3.05, 3.63) is 35.7 Å². The molecular weight excluding hydrogens is 278 g/mol. The van der Waals surface area contributed by atoms with E-state index in [9.17, 15) is 4.79 Å². The van der Waals surface area contributed by atoms with Crippen molar-refractivity contribution in [3.63, 3.8) is 0 Å². The van der Waals surface area contributed by atoms with Crippen LogP contribution in [0, 0.1) is 0 Å². The smallest absolute Gasteiger partial charge is 0.288 e. The molecule has 116 valence electrons. The average Bonchev–Trinajstić information content (AvgIpc) is 3.25. The normalized spacial score (nSPS) is 16.6. The molecule has 2 aromatic rings. The van der Waals surface area contributed by atoms with Gasteiger partial charge in [0.2, 0.25) is 5.82 Å². The Hall–Kier alpha value is -2.21. The van der Waals surface area contributed by atoms with Gasteiger partial charge in [0.1, 0.15) is 0 Å². The zero-order valence-corrected chi connectivity index (χ0v) is 13.0. The first kappa shape index (κ1) is 14.7. The highest BCUT2D eigenvalue weighted by Crippen LogP contribution is 2.27. The number of carbonyl (C=O) groups excluding carboxylic acids is 1. The number of hydrogen-bond donors (Lipinski definition) is 2. The minimum absolute atomic E-state index is 0.232. The van der Waals surface area contributed by atoms with Gasteiger partial charge < -0.3 is 5.32 Å². The molecule has 1 aromatic heterocycles. The van der Waals surface area contributed by atoms with Crippen LogP contribution in [0.5, 0.6) is 0 Å². The molecule has 6 heteroatoms. The molecule has 0 bridgehead atoms. The second-order valence-corrected chi connectivity index (χ2v) is 5.63. The first-order chi connectivity index (χ1) is 10.7. The molecule has 3 rings (SSSR count). The summed E-state index contributed by atoms with van der Waals surface area (Å²) in [6.07, 6.45) is 2.56. The number of aromatic nitrogens is 3. The Bertz CT molecular complexity index is 660. The minimum atomic E-state index is -0.264. The van der Waals surface area contributed by atoms with Crippen molar-refractivity contribution < 1.29 is 4.79 Å². The molecule has 1 amide bonds. The van der Waals surface area contributed by atoms with Crippen LogP contribution in [0.25, 0.3) is 11.4 Å². The Kier molecular flexibility index (Phi) is 4.20. The lowest BCUT2D eigenvalue weighted by molar-refractivity contribution is 0.0953. The van der Waals surface area contributed by atoms with Crippen molar-refractivity contribution in [1.29, 1.82) is 0 Å². The lowest BCUT2D eigenvalue weighted by Crippen LogP contribution is -2.23. The molecule has 1 aliphatic rings. The van der Waals surface area contributed by atoms with Crippen molar-refractivity contribution >= 4 is 5.91 Å². The van der Waals surface area contributed by atoms with Crippen molar-refractivity contribution in [2.75, 3.05) is 20.1 Å². The van der Waals surface area contributed by atoms with Gasteiger partial charge in [-0.15, -0.1) is 0 Å². The van der Waals surface area contributed by atoms with Crippen molar-refractivity contribution in [1.82, 2.24) is 25.4 Å². The predicted molar refractivity (Wildman–Crippen MR) is 84.4 cm³/mol. The van der Waals surface area contributed by atoms with Crippen molar-refractivity contribution in [3.8, 4) is 11.4 Å². The van der Waals surface area contributed by atoms with Crippen LogP contribution in [0.4, 0.5) is 0 Å². The molecule has 1 unspecified atom stereocenters. The molecule has 22 heavy (non-hydrogen) atoms. The number of likely N-dealkylation sites (tertiary alicyclic amines) is 1. The SMILES string of the molecule is CNC(=O)c1nc(-c2cccc(C(C)N3CCCC3)c2)n[nH]1. The standard InChI is InChI=1S/C16H21N5O/c1-11(21-8-3-4-9-21)12-6-5-7-13(10-12)14-18-15(20-19-14)16(22)17-2/h5-7,10-11H,3-4,8-9H2,1-2H3,(H,17,22)(H,18,19,20). The highest BCUT2D eigenvalue weighted by molar-refractivity contribution is 5.90. The fourth-order valence-corrected chi connectivity index (χ4v) is 2.89. The van der Waals surface area contributed by atoms with Crippen LogP contribution in [-0.2, 0) is 0 Å². The molecule has 0 aliphatic carbocycles. The fourth-order valence-electron chi connectivity index (χ4n) is 2.89. The van der Waals surface area contributed by atoms with Crippen LogP contribution < -0.4 is 5.32 Å². The monoisotopic (exact) mass is 299 g/mol. The van der Waals surface area contributed by atoms with E-state index in [0.717, 1.165) is 18.7 Å². The lowest BCUT2D eigenvalue weighted by Gasteiger charge is -2.24. The Labute approximate surface area is 129 Å². The molecule has 1 fully saturated rings. The number of nitrogens with zero attached hydrogens (tertiary/aromatic N) is 3. The number of nitrogens with one attached hydrogen (secondary N) is 2. The van der Waals surface area contributed by atoms with Crippen LogP contribution in [0.2, 0.25) is 0 Å². The van der Waals surface area contributed by atoms with Gasteiger partial charge in [-0.1, -0.05) is 18.2 Å². The van der Waals surface area contributed by atoms with Crippen LogP contribution in [-0.4, -0.2) is 46.1 Å². The Morgan fingerprint density at radius 3 is 2.86 bits per heavy atom. The van der Waals surface area contributed by atoms with E-state index in [1.165, 1.54) is 18.4 Å². The van der Waals surface area contributed by atoms with Gasteiger partial charge in [0.25, 0.3) is 5.91 Å². The van der Waals surface area contributed by atoms with Crippen LogP contribution in [0.15, 0.2) is 24.3 Å². The van der Waals surface area contributed by atoms with Crippen LogP contribution in [0.1, 0.15) is 42.0 Å². The summed E-state index contributed by atoms with van der Waals surface area (Å²) >= 11 is 0. The zero-order valence-electron chi connectivity index (χ0n) is 13.0. The number of carbonyl (C=O) groups is 1. The maximum atomic E-state index is 11.6. The van der Waals surface area contributed by atoms with Gasteiger partial charge in [-0.25, -0.2) is 4.98 Å². The molecule has 1 atom stereocenters. The second-order valence-electron chi connectivity index (χ2n) is 5.63. The van der Waals surface area contributed by atoms with Gasteiger partial charge in [-0.05, 0) is 44.5 Å². The summed E-state index contributed by atoms with van der Waals surface area (Å²) in [7, 11) is 1.57. The van der Waals surface area contributed by atoms with Crippen molar-refractivity contribution in [2.45, 2.75) is 25.8 Å². The van der Waals surface area contributed by atoms with Gasteiger partial charge in [-0.2, -0.15) is 5.10 Å². The third kappa shape index (κ3) is 2.87. The third-order valence-corrected chi connectivity index (χ3v) is 4.24. The van der Waals surface area contributed by atoms with E-state index in [-0.39, 0.29) is 11.7 Å². The van der Waals surface area contributed by atoms with E-state index in [1.807, 2.05) is 12.1 Å². The quantitative estimate of drug-likeness (QED) is 0.905. The largest absolute Gasteiger partial charge is 0.352 e. The summed E-state index contributed by atoms with van der Waals surface area (Å²) < 4.78 is 0. The van der Waals surface area contributed by atoms with Gasteiger partial charge in [-0.3, -0.25) is 14.8 Å². The number of rotatable bonds is 4. The first-order valence-electron chi connectivity index (χ1n) is 7.68. The van der Waals surface area contributed by atoms with Gasteiger partial charge in [0.15, 0.2) is 5.82 Å². The number of benzene rings is 1. The van der Waals surface area contributed by atoms with E-state index in [4.69, 9.17) is 0 Å². The molecule has 6 nitrogen and oxygen atoms in total. The van der Waals surface area contributed by atoms with Crippen LogP contribution >= 0.6 is 0 Å². The minimum Gasteiger partial charge on any atom is -0.352 e. The number of H-pyrrole nitrogens is 1. The molecular formula is C16H21N5O. The van der Waals surface area contributed by atoms with E-state index in [0.29, 0.717) is 11.9 Å². The van der Waals surface area contributed by atoms with E-state index >= 15 is 0 Å². The number of hydrogen-bond acceptors (Lipinski definition) is 4. The summed E-state index contributed by atoms with van der Waals surface area (Å²) in [5, 5.41) is 9.35. The molecule has 0 spiro atoms. The average molecular weight is 299 g/mol. The summed E-state index contributed by atoms with van der Waals surface area (Å²) in [5.74, 6) is 0.518. The summed E-state index contributed by atoms with van der Waals surface area (Å²) in [6.45, 7) is 4.55. The molecule has 2 heterocycles. The van der Waals surface area contributed by atoms with Crippen LogP contribution in [0.3, 0.4) is 0 Å². The maximum absolute atomic E-state index is 11.6. The highest BCUT2D eigenvalue weighted by Gasteiger charge is 2.20. The topological polar surface area (TPSA) is 73.9 Å². The first-order valence-corrected chi connectivity index (χ1v) is 7.68. The lowest BCUT2D eigenvalue weighted by atomic mass is 10.0. The van der Waals surface area contributed by atoms with E-state index < -0.39 is 0 Å². The van der Waals surface area contributed by atoms with E-state index in [1.54, 1.807) is 7.05 Å². The molecule has 1 aromatic carbocycles. The molecule has 2 N–H and O–H groups in total. The zero-order chi connectivity index (χ0) is 15.5. The van der Waals surface area contributed by atoms with Gasteiger partial charge >= 0.3 is 0 Å². The predicted octanol–water partition coefficient (Wildman–Crippen LogP) is 1.99. The van der Waals surface area contributed by atoms with Crippen molar-refractivity contribution in [2.24, 2.45) is 0 Å². The number of aromatic amines is 1. The summed E-state index contributed by atoms with van der Waals surface area (Å²) in [4.78, 5) is 18.3. The van der Waals surface area contributed by atoms with Gasteiger partial charge in [0.05, 0.1) is 0 Å². The number of amides is 1. The highest BCUT2D eigenvalue weighted by atomic mass is 16.2. The van der Waals surface area contributed by atoms with E-state index in [2.05, 4.69) is 44.5 Å². The molecule has 0 radical (unpaired) electrons. The maximum Gasteiger partial charge on any atom is 0.288 e. The van der Waals surface area contributed by atoms with Gasteiger partial charge in [0, 0.05) is 18.7 Å². The summed E-state index contributed by atoms with van der Waals surface area (Å²) in [5.41, 5.74) is 2.18. The summed E-state index contributed by atoms with van der Waals surface area (Å²) in [6, 6.07) is 8.63. The second kappa shape index (κ2) is 6.27. The molecule has 1 aliphatic heterocycles. The Balaban J connectivity index is 1.84. The third-order valence-electron chi connectivity index (χ3n) is 4.24. The molecule has 1 saturated heterocycles. The fraction of sp³-hybridized carbons (Fsp3) is 0.438. The molecule has 0 saturated carbocycles. The Morgan fingerprint density at radius 2 is 2.14 bits per heavy atom.